The average Bonchev–Trinajstić information content (AvgIpc) is 2.92. The molecule has 0 bridgehead atoms. The van der Waals surface area contributed by atoms with E-state index in [9.17, 15) is 0 Å². The maximum Gasteiger partial charge on any atom is 0.123 e. The number of nitrogens with zero attached hydrogens (tertiary/aromatic N) is 1. The second kappa shape index (κ2) is 6.68. The van der Waals surface area contributed by atoms with Gasteiger partial charge in [0, 0.05) is 23.5 Å². The SMILES string of the molecule is CCc1nc(CN[C@@H](C)c2ccccc2OC)cs1. The molecule has 0 aliphatic rings. The van der Waals surface area contributed by atoms with Gasteiger partial charge in [0.1, 0.15) is 5.75 Å². The predicted molar refractivity (Wildman–Crippen MR) is 79.7 cm³/mol. The van der Waals surface area contributed by atoms with E-state index in [1.54, 1.807) is 18.4 Å². The average molecular weight is 276 g/mol. The molecule has 0 unspecified atom stereocenters. The van der Waals surface area contributed by atoms with Crippen LogP contribution in [0.3, 0.4) is 0 Å². The van der Waals surface area contributed by atoms with Gasteiger partial charge in [0.15, 0.2) is 0 Å². The summed E-state index contributed by atoms with van der Waals surface area (Å²) in [5, 5.41) is 6.81. The highest BCUT2D eigenvalue weighted by molar-refractivity contribution is 7.09. The maximum absolute atomic E-state index is 5.39. The monoisotopic (exact) mass is 276 g/mol. The number of benzene rings is 1. The van der Waals surface area contributed by atoms with Crippen LogP contribution < -0.4 is 10.1 Å². The summed E-state index contributed by atoms with van der Waals surface area (Å²) in [4.78, 5) is 4.56. The number of hydrogen-bond donors (Lipinski definition) is 1. The van der Waals surface area contributed by atoms with Crippen LogP contribution in [0.1, 0.15) is 36.2 Å². The van der Waals surface area contributed by atoms with Crippen LogP contribution >= 0.6 is 11.3 Å². The fourth-order valence-electron chi connectivity index (χ4n) is 1.98. The van der Waals surface area contributed by atoms with E-state index in [1.165, 1.54) is 10.6 Å². The molecule has 3 nitrogen and oxygen atoms in total. The van der Waals surface area contributed by atoms with Crippen molar-refractivity contribution in [3.63, 3.8) is 0 Å². The van der Waals surface area contributed by atoms with Gasteiger partial charge in [0.2, 0.25) is 0 Å². The number of methoxy groups -OCH3 is 1. The van der Waals surface area contributed by atoms with E-state index in [0.717, 1.165) is 24.4 Å². The number of ether oxygens (including phenoxy) is 1. The van der Waals surface area contributed by atoms with Crippen molar-refractivity contribution in [1.82, 2.24) is 10.3 Å². The van der Waals surface area contributed by atoms with Crippen LogP contribution in [0.2, 0.25) is 0 Å². The number of aryl methyl sites for hydroxylation is 1. The Bertz CT molecular complexity index is 524. The third-order valence-corrected chi connectivity index (χ3v) is 4.14. The lowest BCUT2D eigenvalue weighted by atomic mass is 10.1. The minimum atomic E-state index is 0.239. The van der Waals surface area contributed by atoms with Crippen molar-refractivity contribution in [2.45, 2.75) is 32.9 Å². The molecule has 1 heterocycles. The predicted octanol–water partition coefficient (Wildman–Crippen LogP) is 3.56. The highest BCUT2D eigenvalue weighted by atomic mass is 32.1. The molecule has 2 aromatic rings. The minimum absolute atomic E-state index is 0.239. The Morgan fingerprint density at radius 2 is 2.16 bits per heavy atom. The quantitative estimate of drug-likeness (QED) is 0.876. The fourth-order valence-corrected chi connectivity index (χ4v) is 2.73. The van der Waals surface area contributed by atoms with Crippen LogP contribution in [0.25, 0.3) is 0 Å². The molecule has 4 heteroatoms. The van der Waals surface area contributed by atoms with Crippen LogP contribution in [-0.4, -0.2) is 12.1 Å². The van der Waals surface area contributed by atoms with Gasteiger partial charge in [-0.2, -0.15) is 0 Å². The molecule has 1 aromatic carbocycles. The Morgan fingerprint density at radius 1 is 1.37 bits per heavy atom. The van der Waals surface area contributed by atoms with Gasteiger partial charge in [-0.15, -0.1) is 11.3 Å². The lowest BCUT2D eigenvalue weighted by Crippen LogP contribution is -2.18. The smallest absolute Gasteiger partial charge is 0.123 e. The van der Waals surface area contributed by atoms with Crippen LogP contribution in [-0.2, 0) is 13.0 Å². The first kappa shape index (κ1) is 14.0. The molecule has 0 radical (unpaired) electrons. The Morgan fingerprint density at radius 3 is 2.84 bits per heavy atom. The summed E-state index contributed by atoms with van der Waals surface area (Å²) in [7, 11) is 1.71. The maximum atomic E-state index is 5.39. The summed E-state index contributed by atoms with van der Waals surface area (Å²) < 4.78 is 5.39. The Kier molecular flexibility index (Phi) is 4.93. The van der Waals surface area contributed by atoms with Crippen molar-refractivity contribution in [1.29, 1.82) is 0 Å². The Hall–Kier alpha value is -1.39. The van der Waals surface area contributed by atoms with E-state index in [4.69, 9.17) is 4.74 Å². The van der Waals surface area contributed by atoms with Crippen LogP contribution in [0.15, 0.2) is 29.6 Å². The molecule has 19 heavy (non-hydrogen) atoms. The second-order valence-corrected chi connectivity index (χ2v) is 5.37. The van der Waals surface area contributed by atoms with Gasteiger partial charge in [0.25, 0.3) is 0 Å². The molecule has 0 spiro atoms. The van der Waals surface area contributed by atoms with Gasteiger partial charge in [-0.25, -0.2) is 4.98 Å². The van der Waals surface area contributed by atoms with Gasteiger partial charge in [-0.1, -0.05) is 25.1 Å². The minimum Gasteiger partial charge on any atom is -0.496 e. The highest BCUT2D eigenvalue weighted by Crippen LogP contribution is 2.24. The number of rotatable bonds is 6. The van der Waals surface area contributed by atoms with Gasteiger partial charge in [-0.3, -0.25) is 0 Å². The largest absolute Gasteiger partial charge is 0.496 e. The summed E-state index contributed by atoms with van der Waals surface area (Å²) in [5.41, 5.74) is 2.29. The Labute approximate surface area is 118 Å². The van der Waals surface area contributed by atoms with Crippen LogP contribution in [0.4, 0.5) is 0 Å². The number of aromatic nitrogens is 1. The van der Waals surface area contributed by atoms with Crippen molar-refractivity contribution < 1.29 is 4.74 Å². The zero-order valence-corrected chi connectivity index (χ0v) is 12.5. The number of para-hydroxylation sites is 1. The molecule has 0 aliphatic heterocycles. The van der Waals surface area contributed by atoms with E-state index >= 15 is 0 Å². The van der Waals surface area contributed by atoms with E-state index in [2.05, 4.69) is 35.6 Å². The molecule has 1 N–H and O–H groups in total. The molecule has 1 atom stereocenters. The van der Waals surface area contributed by atoms with E-state index < -0.39 is 0 Å². The van der Waals surface area contributed by atoms with E-state index in [1.807, 2.05) is 18.2 Å². The Balaban J connectivity index is 1.98. The van der Waals surface area contributed by atoms with Crippen molar-refractivity contribution in [2.24, 2.45) is 0 Å². The summed E-state index contributed by atoms with van der Waals surface area (Å²) in [6.07, 6.45) is 1.01. The van der Waals surface area contributed by atoms with Crippen molar-refractivity contribution in [3.8, 4) is 5.75 Å². The fraction of sp³-hybridized carbons (Fsp3) is 0.400. The lowest BCUT2D eigenvalue weighted by Gasteiger charge is -2.16. The van der Waals surface area contributed by atoms with E-state index in [-0.39, 0.29) is 6.04 Å². The van der Waals surface area contributed by atoms with Gasteiger partial charge >= 0.3 is 0 Å². The van der Waals surface area contributed by atoms with Gasteiger partial charge in [0.05, 0.1) is 17.8 Å². The summed E-state index contributed by atoms with van der Waals surface area (Å²) in [6.45, 7) is 5.06. The third-order valence-electron chi connectivity index (χ3n) is 3.10. The first-order valence-electron chi connectivity index (χ1n) is 6.54. The van der Waals surface area contributed by atoms with Crippen LogP contribution in [0.5, 0.6) is 5.75 Å². The molecule has 0 saturated carbocycles. The molecule has 1 aromatic heterocycles. The zero-order chi connectivity index (χ0) is 13.7. The zero-order valence-electron chi connectivity index (χ0n) is 11.6. The molecule has 0 amide bonds. The summed E-state index contributed by atoms with van der Waals surface area (Å²) in [5.74, 6) is 0.926. The van der Waals surface area contributed by atoms with Crippen molar-refractivity contribution in [2.75, 3.05) is 7.11 Å². The molecular formula is C15H20N2OS. The molecule has 102 valence electrons. The van der Waals surface area contributed by atoms with Crippen molar-refractivity contribution in [3.05, 3.63) is 45.9 Å². The summed E-state index contributed by atoms with van der Waals surface area (Å²) >= 11 is 1.73. The number of hydrogen-bond acceptors (Lipinski definition) is 4. The summed E-state index contributed by atoms with van der Waals surface area (Å²) in [6, 6.07) is 8.35. The van der Waals surface area contributed by atoms with Crippen LogP contribution in [0, 0.1) is 0 Å². The molecule has 0 saturated heterocycles. The topological polar surface area (TPSA) is 34.2 Å². The van der Waals surface area contributed by atoms with Gasteiger partial charge < -0.3 is 10.1 Å². The standard InChI is InChI=1S/C15H20N2OS/c1-4-15-17-12(10-19-15)9-16-11(2)13-7-5-6-8-14(13)18-3/h5-8,10-11,16H,4,9H2,1-3H3/t11-/m0/s1. The number of nitrogens with one attached hydrogen (secondary N) is 1. The van der Waals surface area contributed by atoms with Gasteiger partial charge in [-0.05, 0) is 19.4 Å². The molecule has 2 rings (SSSR count). The van der Waals surface area contributed by atoms with E-state index in [0.29, 0.717) is 0 Å². The first-order valence-corrected chi connectivity index (χ1v) is 7.42. The third kappa shape index (κ3) is 3.55. The lowest BCUT2D eigenvalue weighted by molar-refractivity contribution is 0.401. The normalized spacial score (nSPS) is 12.4. The number of thiazole rings is 1. The van der Waals surface area contributed by atoms with Crippen molar-refractivity contribution >= 4 is 11.3 Å². The molecule has 0 fully saturated rings. The molecule has 0 aliphatic carbocycles. The molecular weight excluding hydrogens is 256 g/mol. The highest BCUT2D eigenvalue weighted by Gasteiger charge is 2.10. The second-order valence-electron chi connectivity index (χ2n) is 4.43. The first-order chi connectivity index (χ1) is 9.24.